The first kappa shape index (κ1) is 17.3. The number of thioether (sulfide) groups is 1. The lowest BCUT2D eigenvalue weighted by Crippen LogP contribution is -2.38. The zero-order chi connectivity index (χ0) is 18.0. The smallest absolute Gasteiger partial charge is 0.337 e. The van der Waals surface area contributed by atoms with E-state index in [0.717, 1.165) is 4.90 Å². The summed E-state index contributed by atoms with van der Waals surface area (Å²) in [6.07, 6.45) is -4.63. The lowest BCUT2D eigenvalue weighted by molar-refractivity contribution is -0.155. The third-order valence-electron chi connectivity index (χ3n) is 3.61. The van der Waals surface area contributed by atoms with E-state index in [1.165, 1.54) is 48.2 Å². The second kappa shape index (κ2) is 6.79. The number of alkyl halides is 3. The normalized spacial score (nSPS) is 15.1. The summed E-state index contributed by atoms with van der Waals surface area (Å²) in [5, 5.41) is 4.63. The second-order valence-electron chi connectivity index (χ2n) is 5.41. The molecule has 0 aliphatic carbocycles. The monoisotopic (exact) mass is 366 g/mol. The third kappa shape index (κ3) is 3.96. The molecule has 0 radical (unpaired) electrons. The van der Waals surface area contributed by atoms with Crippen LogP contribution in [0.4, 0.5) is 18.9 Å². The molecule has 3 rings (SSSR count). The molecule has 1 aliphatic heterocycles. The van der Waals surface area contributed by atoms with Crippen LogP contribution in [0.15, 0.2) is 53.4 Å². The van der Waals surface area contributed by atoms with Crippen molar-refractivity contribution >= 4 is 29.3 Å². The zero-order valence-electron chi connectivity index (χ0n) is 12.8. The Morgan fingerprint density at radius 1 is 1.16 bits per heavy atom. The molecular formula is C17H13F3N2O2S. The summed E-state index contributed by atoms with van der Waals surface area (Å²) in [7, 11) is 0. The molecule has 25 heavy (non-hydrogen) atoms. The molecule has 0 saturated heterocycles. The molecule has 1 heterocycles. The van der Waals surface area contributed by atoms with Crippen LogP contribution < -0.4 is 10.6 Å². The number of carbonyl (C=O) groups is 2. The van der Waals surface area contributed by atoms with Gasteiger partial charge < -0.3 is 10.6 Å². The van der Waals surface area contributed by atoms with Gasteiger partial charge in [-0.3, -0.25) is 9.59 Å². The van der Waals surface area contributed by atoms with Crippen LogP contribution in [-0.2, 0) is 4.79 Å². The van der Waals surface area contributed by atoms with Gasteiger partial charge in [0, 0.05) is 10.5 Å². The van der Waals surface area contributed by atoms with Crippen molar-refractivity contribution in [1.82, 2.24) is 5.32 Å². The van der Waals surface area contributed by atoms with Gasteiger partial charge in [0.1, 0.15) is 0 Å². The molecule has 0 aromatic heterocycles. The lowest BCUT2D eigenvalue weighted by atomic mass is 10.1. The highest BCUT2D eigenvalue weighted by Crippen LogP contribution is 2.34. The van der Waals surface area contributed by atoms with Crippen molar-refractivity contribution in [1.29, 1.82) is 0 Å². The molecule has 1 aliphatic rings. The van der Waals surface area contributed by atoms with Crippen LogP contribution in [0, 0.1) is 0 Å². The van der Waals surface area contributed by atoms with Gasteiger partial charge in [-0.1, -0.05) is 30.3 Å². The van der Waals surface area contributed by atoms with Gasteiger partial charge in [-0.05, 0) is 23.8 Å². The van der Waals surface area contributed by atoms with E-state index < -0.39 is 18.1 Å². The number of hydrogen-bond acceptors (Lipinski definition) is 3. The van der Waals surface area contributed by atoms with E-state index in [0.29, 0.717) is 5.69 Å². The molecular weight excluding hydrogens is 353 g/mol. The van der Waals surface area contributed by atoms with Crippen molar-refractivity contribution in [2.24, 2.45) is 0 Å². The molecule has 0 spiro atoms. The maximum atomic E-state index is 13.3. The number of benzene rings is 2. The quantitative estimate of drug-likeness (QED) is 0.870. The van der Waals surface area contributed by atoms with Crippen molar-refractivity contribution in [2.75, 3.05) is 11.1 Å². The number of nitrogens with one attached hydrogen (secondary N) is 2. The average Bonchev–Trinajstić information content (AvgIpc) is 2.58. The number of fused-ring (bicyclic) bond motifs is 1. The number of halogens is 3. The van der Waals surface area contributed by atoms with E-state index in [9.17, 15) is 22.8 Å². The first-order chi connectivity index (χ1) is 11.8. The minimum atomic E-state index is -4.63. The Morgan fingerprint density at radius 3 is 2.56 bits per heavy atom. The summed E-state index contributed by atoms with van der Waals surface area (Å²) >= 11 is 1.31. The minimum absolute atomic E-state index is 0.0479. The van der Waals surface area contributed by atoms with E-state index >= 15 is 0 Å². The van der Waals surface area contributed by atoms with Crippen LogP contribution in [0.2, 0.25) is 0 Å². The Hall–Kier alpha value is -2.48. The fourth-order valence-corrected chi connectivity index (χ4v) is 3.23. The van der Waals surface area contributed by atoms with E-state index in [1.807, 2.05) is 5.32 Å². The summed E-state index contributed by atoms with van der Waals surface area (Å²) in [4.78, 5) is 24.5. The van der Waals surface area contributed by atoms with Crippen LogP contribution in [0.25, 0.3) is 0 Å². The molecule has 2 N–H and O–H groups in total. The maximum absolute atomic E-state index is 13.3. The van der Waals surface area contributed by atoms with Gasteiger partial charge in [-0.15, -0.1) is 11.8 Å². The van der Waals surface area contributed by atoms with Gasteiger partial charge >= 0.3 is 6.18 Å². The predicted octanol–water partition coefficient (Wildman–Crippen LogP) is 3.76. The molecule has 1 atom stereocenters. The van der Waals surface area contributed by atoms with E-state index in [4.69, 9.17) is 0 Å². The van der Waals surface area contributed by atoms with Crippen LogP contribution in [0.5, 0.6) is 0 Å². The molecule has 2 aromatic rings. The third-order valence-corrected chi connectivity index (χ3v) is 4.68. The van der Waals surface area contributed by atoms with Gasteiger partial charge in [-0.25, -0.2) is 0 Å². The standard InChI is InChI=1S/C17H13F3N2O2S/c18-17(19,20)15(10-4-2-1-3-5-10)22-16(24)11-6-7-13-12(8-11)21-14(23)9-25-13/h1-8,15H,9H2,(H,21,23)(H,22,24)/t15-/m1/s1. The molecule has 8 heteroatoms. The Balaban J connectivity index is 1.85. The van der Waals surface area contributed by atoms with Crippen LogP contribution in [0.3, 0.4) is 0 Å². The molecule has 4 nitrogen and oxygen atoms in total. The molecule has 2 aromatic carbocycles. The molecule has 130 valence electrons. The summed E-state index contributed by atoms with van der Waals surface area (Å²) in [6.45, 7) is 0. The van der Waals surface area contributed by atoms with Crippen LogP contribution >= 0.6 is 11.8 Å². The summed E-state index contributed by atoms with van der Waals surface area (Å²) in [5.74, 6) is -0.811. The number of hydrogen-bond donors (Lipinski definition) is 2. The fourth-order valence-electron chi connectivity index (χ4n) is 2.44. The number of amides is 2. The summed E-state index contributed by atoms with van der Waals surface area (Å²) < 4.78 is 40.0. The average molecular weight is 366 g/mol. The number of rotatable bonds is 3. The first-order valence-electron chi connectivity index (χ1n) is 7.34. The second-order valence-corrected chi connectivity index (χ2v) is 6.42. The van der Waals surface area contributed by atoms with Gasteiger partial charge in [0.2, 0.25) is 5.91 Å². The molecule has 0 bridgehead atoms. The van der Waals surface area contributed by atoms with E-state index in [1.54, 1.807) is 12.1 Å². The Bertz CT molecular complexity index is 809. The fraction of sp³-hybridized carbons (Fsp3) is 0.176. The highest BCUT2D eigenvalue weighted by molar-refractivity contribution is 8.00. The summed E-state index contributed by atoms with van der Waals surface area (Å²) in [5.41, 5.74) is 0.425. The molecule has 0 unspecified atom stereocenters. The van der Waals surface area contributed by atoms with E-state index in [-0.39, 0.29) is 22.8 Å². The maximum Gasteiger partial charge on any atom is 0.412 e. The van der Waals surface area contributed by atoms with Gasteiger partial charge in [0.15, 0.2) is 6.04 Å². The van der Waals surface area contributed by atoms with Gasteiger partial charge in [-0.2, -0.15) is 13.2 Å². The van der Waals surface area contributed by atoms with Crippen molar-refractivity contribution in [3.63, 3.8) is 0 Å². The van der Waals surface area contributed by atoms with Crippen molar-refractivity contribution in [3.8, 4) is 0 Å². The zero-order valence-corrected chi connectivity index (χ0v) is 13.6. The first-order valence-corrected chi connectivity index (χ1v) is 8.32. The molecule has 0 saturated carbocycles. The van der Waals surface area contributed by atoms with Crippen molar-refractivity contribution in [2.45, 2.75) is 17.1 Å². The van der Waals surface area contributed by atoms with Crippen LogP contribution in [0.1, 0.15) is 22.0 Å². The molecule has 0 fully saturated rings. The predicted molar refractivity (Wildman–Crippen MR) is 88.5 cm³/mol. The Labute approximate surface area is 145 Å². The Morgan fingerprint density at radius 2 is 1.88 bits per heavy atom. The number of carbonyl (C=O) groups excluding carboxylic acids is 2. The highest BCUT2D eigenvalue weighted by Gasteiger charge is 2.42. The SMILES string of the molecule is O=C1CSc2ccc(C(=O)N[C@H](c3ccccc3)C(F)(F)F)cc2N1. The Kier molecular flexibility index (Phi) is 4.71. The van der Waals surface area contributed by atoms with E-state index in [2.05, 4.69) is 5.32 Å². The molecule has 2 amide bonds. The lowest BCUT2D eigenvalue weighted by Gasteiger charge is -2.22. The minimum Gasteiger partial charge on any atom is -0.337 e. The number of anilines is 1. The largest absolute Gasteiger partial charge is 0.412 e. The highest BCUT2D eigenvalue weighted by atomic mass is 32.2. The van der Waals surface area contributed by atoms with Crippen LogP contribution in [-0.4, -0.2) is 23.7 Å². The topological polar surface area (TPSA) is 58.2 Å². The van der Waals surface area contributed by atoms with Crippen molar-refractivity contribution in [3.05, 3.63) is 59.7 Å². The van der Waals surface area contributed by atoms with Gasteiger partial charge in [0.25, 0.3) is 5.91 Å². The summed E-state index contributed by atoms with van der Waals surface area (Å²) in [6, 6.07) is 9.50. The van der Waals surface area contributed by atoms with Gasteiger partial charge in [0.05, 0.1) is 11.4 Å². The van der Waals surface area contributed by atoms with Crippen molar-refractivity contribution < 1.29 is 22.8 Å².